The molecule has 22 heavy (non-hydrogen) atoms. The predicted octanol–water partition coefficient (Wildman–Crippen LogP) is 3.60. The zero-order chi connectivity index (χ0) is 16.7. The van der Waals surface area contributed by atoms with E-state index in [9.17, 15) is 22.4 Å². The molecule has 1 aromatic carbocycles. The van der Waals surface area contributed by atoms with Crippen LogP contribution in [0, 0.1) is 19.7 Å². The zero-order valence-corrected chi connectivity index (χ0v) is 12.8. The fourth-order valence-corrected chi connectivity index (χ4v) is 2.78. The molecule has 0 saturated carbocycles. The first kappa shape index (κ1) is 16.4. The zero-order valence-electron chi connectivity index (χ0n) is 12.0. The summed E-state index contributed by atoms with van der Waals surface area (Å²) >= 11 is 1.21. The summed E-state index contributed by atoms with van der Waals surface area (Å²) in [6, 6.07) is 2.56. The van der Waals surface area contributed by atoms with Gasteiger partial charge in [-0.25, -0.2) is 4.39 Å². The number of hydrogen-bond donors (Lipinski definition) is 0. The van der Waals surface area contributed by atoms with E-state index in [2.05, 4.69) is 4.99 Å². The molecule has 0 spiro atoms. The molecule has 0 atom stereocenters. The Labute approximate surface area is 127 Å². The number of aryl methyl sites for hydroxylation is 1. The van der Waals surface area contributed by atoms with Crippen molar-refractivity contribution in [1.82, 2.24) is 4.57 Å². The average Bonchev–Trinajstić information content (AvgIpc) is 2.65. The Kier molecular flexibility index (Phi) is 4.23. The Morgan fingerprint density at radius 1 is 1.27 bits per heavy atom. The Morgan fingerprint density at radius 2 is 1.91 bits per heavy atom. The van der Waals surface area contributed by atoms with Crippen molar-refractivity contribution in [3.8, 4) is 0 Å². The molecule has 0 fully saturated rings. The van der Waals surface area contributed by atoms with Gasteiger partial charge < -0.3 is 4.57 Å². The molecule has 0 saturated heterocycles. The first-order valence-electron chi connectivity index (χ1n) is 6.20. The number of carbonyl (C=O) groups is 1. The van der Waals surface area contributed by atoms with Gasteiger partial charge in [0.1, 0.15) is 5.82 Å². The molecule has 0 aliphatic heterocycles. The van der Waals surface area contributed by atoms with Crippen LogP contribution in [0.25, 0.3) is 0 Å². The summed E-state index contributed by atoms with van der Waals surface area (Å²) in [5.41, 5.74) is -1.30. The van der Waals surface area contributed by atoms with Crippen LogP contribution in [0.4, 0.5) is 17.6 Å². The van der Waals surface area contributed by atoms with E-state index in [1.165, 1.54) is 11.3 Å². The van der Waals surface area contributed by atoms with Gasteiger partial charge in [0.2, 0.25) is 0 Å². The Balaban J connectivity index is 2.54. The molecule has 1 aromatic heterocycles. The number of benzene rings is 1. The van der Waals surface area contributed by atoms with Gasteiger partial charge in [-0.15, -0.1) is 11.3 Å². The molecule has 118 valence electrons. The molecule has 0 aliphatic carbocycles. The summed E-state index contributed by atoms with van der Waals surface area (Å²) in [4.78, 5) is 17.0. The van der Waals surface area contributed by atoms with Gasteiger partial charge in [-0.1, -0.05) is 6.07 Å². The minimum Gasteiger partial charge on any atom is -0.324 e. The molecular weight excluding hydrogens is 320 g/mol. The van der Waals surface area contributed by atoms with Gasteiger partial charge in [0.25, 0.3) is 5.91 Å². The van der Waals surface area contributed by atoms with Crippen molar-refractivity contribution in [2.45, 2.75) is 20.0 Å². The van der Waals surface area contributed by atoms with Crippen molar-refractivity contribution < 1.29 is 22.4 Å². The summed E-state index contributed by atoms with van der Waals surface area (Å²) in [5.74, 6) is -2.64. The number of amides is 1. The molecule has 0 radical (unpaired) electrons. The van der Waals surface area contributed by atoms with Crippen LogP contribution in [0.15, 0.2) is 23.2 Å². The van der Waals surface area contributed by atoms with Crippen molar-refractivity contribution in [3.05, 3.63) is 50.5 Å². The highest BCUT2D eigenvalue weighted by atomic mass is 32.1. The van der Waals surface area contributed by atoms with Gasteiger partial charge >= 0.3 is 6.18 Å². The third kappa shape index (κ3) is 2.96. The molecule has 2 aromatic rings. The normalized spacial score (nSPS) is 12.8. The number of alkyl halides is 3. The van der Waals surface area contributed by atoms with E-state index in [0.717, 1.165) is 22.7 Å². The van der Waals surface area contributed by atoms with Crippen LogP contribution in [0.5, 0.6) is 0 Å². The first-order valence-corrected chi connectivity index (χ1v) is 7.02. The van der Waals surface area contributed by atoms with E-state index < -0.39 is 29.0 Å². The summed E-state index contributed by atoms with van der Waals surface area (Å²) in [5, 5.41) is 0. The lowest BCUT2D eigenvalue weighted by Crippen LogP contribution is -2.16. The molecular formula is C14H12F4N2OS. The summed E-state index contributed by atoms with van der Waals surface area (Å²) in [7, 11) is 1.67. The number of rotatable bonds is 1. The molecule has 0 unspecified atom stereocenters. The van der Waals surface area contributed by atoms with Crippen LogP contribution >= 0.6 is 11.3 Å². The Morgan fingerprint density at radius 3 is 2.41 bits per heavy atom. The highest BCUT2D eigenvalue weighted by Gasteiger charge is 2.35. The van der Waals surface area contributed by atoms with Crippen LogP contribution in [0.3, 0.4) is 0 Å². The van der Waals surface area contributed by atoms with Gasteiger partial charge in [-0.3, -0.25) is 4.79 Å². The number of hydrogen-bond acceptors (Lipinski definition) is 2. The van der Waals surface area contributed by atoms with Crippen LogP contribution in [-0.2, 0) is 13.2 Å². The topological polar surface area (TPSA) is 34.4 Å². The van der Waals surface area contributed by atoms with Gasteiger partial charge in [-0.2, -0.15) is 18.2 Å². The molecule has 1 heterocycles. The molecule has 0 N–H and O–H groups in total. The Bertz CT molecular complexity index is 802. The fraction of sp³-hybridized carbons (Fsp3) is 0.286. The van der Waals surface area contributed by atoms with E-state index in [-0.39, 0.29) is 0 Å². The minimum atomic E-state index is -4.86. The average molecular weight is 332 g/mol. The number of carbonyl (C=O) groups excluding carboxylic acids is 1. The van der Waals surface area contributed by atoms with Crippen LogP contribution < -0.4 is 4.80 Å². The summed E-state index contributed by atoms with van der Waals surface area (Å²) in [6.07, 6.45) is -4.86. The minimum absolute atomic E-state index is 0.303. The monoisotopic (exact) mass is 332 g/mol. The largest absolute Gasteiger partial charge is 0.419 e. The number of halogens is 4. The highest BCUT2D eigenvalue weighted by Crippen LogP contribution is 2.32. The van der Waals surface area contributed by atoms with Crippen molar-refractivity contribution >= 4 is 17.2 Å². The molecule has 0 aliphatic rings. The van der Waals surface area contributed by atoms with E-state index in [0.29, 0.717) is 10.9 Å². The maximum absolute atomic E-state index is 13.9. The van der Waals surface area contributed by atoms with E-state index in [1.807, 2.05) is 13.8 Å². The summed E-state index contributed by atoms with van der Waals surface area (Å²) in [6.45, 7) is 3.65. The van der Waals surface area contributed by atoms with Crippen molar-refractivity contribution in [2.24, 2.45) is 12.0 Å². The van der Waals surface area contributed by atoms with Crippen molar-refractivity contribution in [2.75, 3.05) is 0 Å². The highest BCUT2D eigenvalue weighted by molar-refractivity contribution is 7.09. The fourth-order valence-electron chi connectivity index (χ4n) is 1.82. The first-order chi connectivity index (χ1) is 10.1. The molecule has 2 rings (SSSR count). The van der Waals surface area contributed by atoms with Gasteiger partial charge in [-0.05, 0) is 26.0 Å². The molecule has 8 heteroatoms. The van der Waals surface area contributed by atoms with Crippen molar-refractivity contribution in [1.29, 1.82) is 0 Å². The second-order valence-corrected chi connectivity index (χ2v) is 5.85. The maximum Gasteiger partial charge on any atom is 0.419 e. The maximum atomic E-state index is 13.9. The third-order valence-corrected chi connectivity index (χ3v) is 4.42. The number of aromatic nitrogens is 1. The lowest BCUT2D eigenvalue weighted by molar-refractivity contribution is -0.140. The van der Waals surface area contributed by atoms with E-state index in [4.69, 9.17) is 0 Å². The lowest BCUT2D eigenvalue weighted by Gasteiger charge is -2.09. The number of nitrogens with zero attached hydrogens (tertiary/aromatic N) is 2. The third-order valence-electron chi connectivity index (χ3n) is 3.28. The van der Waals surface area contributed by atoms with Gasteiger partial charge in [0.05, 0.1) is 11.1 Å². The van der Waals surface area contributed by atoms with Crippen molar-refractivity contribution in [3.63, 3.8) is 0 Å². The molecule has 0 bridgehead atoms. The van der Waals surface area contributed by atoms with Gasteiger partial charge in [0.15, 0.2) is 4.80 Å². The second-order valence-electron chi connectivity index (χ2n) is 4.67. The van der Waals surface area contributed by atoms with Crippen LogP contribution in [0.1, 0.15) is 26.5 Å². The van der Waals surface area contributed by atoms with Crippen LogP contribution in [0.2, 0.25) is 0 Å². The second kappa shape index (κ2) is 5.68. The predicted molar refractivity (Wildman–Crippen MR) is 74.1 cm³/mol. The smallest absolute Gasteiger partial charge is 0.324 e. The standard InChI is InChI=1S/C14H12F4N2OS/c1-7-8(2)22-13(20(7)3)19-12(21)9-5-4-6-10(11(9)15)14(16,17)18/h4-6H,1-3H3. The number of thiazole rings is 1. The quantitative estimate of drug-likeness (QED) is 0.735. The van der Waals surface area contributed by atoms with Crippen LogP contribution in [-0.4, -0.2) is 10.5 Å². The Hall–Kier alpha value is -1.96. The van der Waals surface area contributed by atoms with E-state index >= 15 is 0 Å². The lowest BCUT2D eigenvalue weighted by atomic mass is 10.1. The SMILES string of the molecule is Cc1sc(=NC(=O)c2cccc(C(F)(F)F)c2F)n(C)c1C. The molecule has 1 amide bonds. The molecule has 3 nitrogen and oxygen atoms in total. The van der Waals surface area contributed by atoms with E-state index in [1.54, 1.807) is 11.6 Å². The summed E-state index contributed by atoms with van der Waals surface area (Å²) < 4.78 is 53.5. The van der Waals surface area contributed by atoms with Gasteiger partial charge in [0, 0.05) is 17.6 Å².